The quantitative estimate of drug-likeness (QED) is 0.712. The highest BCUT2D eigenvalue weighted by atomic mass is 35.5. The van der Waals surface area contributed by atoms with Crippen LogP contribution in [0.1, 0.15) is 45.6 Å². The Bertz CT molecular complexity index is 367. The van der Waals surface area contributed by atoms with Crippen molar-refractivity contribution in [3.63, 3.8) is 0 Å². The van der Waals surface area contributed by atoms with Crippen molar-refractivity contribution in [3.8, 4) is 0 Å². The van der Waals surface area contributed by atoms with Gasteiger partial charge in [-0.1, -0.05) is 31.9 Å². The average Bonchev–Trinajstić information content (AvgIpc) is 2.45. The summed E-state index contributed by atoms with van der Waals surface area (Å²) in [5.74, 6) is 0. The molecule has 1 N–H and O–H groups in total. The fraction of sp³-hybridized carbons (Fsp3) is 0.688. The van der Waals surface area contributed by atoms with Crippen molar-refractivity contribution in [1.29, 1.82) is 0 Å². The van der Waals surface area contributed by atoms with Crippen LogP contribution in [0.2, 0.25) is 5.02 Å². The summed E-state index contributed by atoms with van der Waals surface area (Å²) in [5.41, 5.74) is 1.14. The molecule has 0 spiro atoms. The molecule has 0 saturated carbocycles. The Morgan fingerprint density at radius 3 is 2.70 bits per heavy atom. The number of nitrogens with one attached hydrogen (secondary N) is 1. The molecular formula is C16H27ClN2O. The van der Waals surface area contributed by atoms with Crippen molar-refractivity contribution in [2.75, 3.05) is 13.2 Å². The van der Waals surface area contributed by atoms with E-state index in [2.05, 4.69) is 31.1 Å². The maximum Gasteiger partial charge on any atom is 0.0731 e. The number of halogens is 1. The third-order valence-corrected chi connectivity index (χ3v) is 3.70. The zero-order valence-electron chi connectivity index (χ0n) is 12.9. The Hall–Kier alpha value is -0.640. The summed E-state index contributed by atoms with van der Waals surface area (Å²) in [4.78, 5) is 4.05. The molecule has 0 saturated heterocycles. The summed E-state index contributed by atoms with van der Waals surface area (Å²) in [6.07, 6.45) is 7.94. The summed E-state index contributed by atoms with van der Waals surface area (Å²) in [6, 6.07) is 2.30. The zero-order valence-corrected chi connectivity index (χ0v) is 13.6. The second-order valence-corrected chi connectivity index (χ2v) is 5.42. The maximum atomic E-state index is 6.23. The van der Waals surface area contributed by atoms with Crippen molar-refractivity contribution in [2.24, 2.45) is 0 Å². The molecule has 0 fully saturated rings. The van der Waals surface area contributed by atoms with E-state index >= 15 is 0 Å². The molecule has 2 atom stereocenters. The second kappa shape index (κ2) is 10.1. The summed E-state index contributed by atoms with van der Waals surface area (Å²) in [5, 5.41) is 4.35. The molecular weight excluding hydrogens is 272 g/mol. The van der Waals surface area contributed by atoms with Gasteiger partial charge in [-0.2, -0.15) is 0 Å². The van der Waals surface area contributed by atoms with Crippen LogP contribution in [-0.4, -0.2) is 30.3 Å². The second-order valence-electron chi connectivity index (χ2n) is 5.01. The van der Waals surface area contributed by atoms with Gasteiger partial charge in [0.05, 0.1) is 11.1 Å². The molecule has 3 nitrogen and oxygen atoms in total. The summed E-state index contributed by atoms with van der Waals surface area (Å²) in [7, 11) is 0. The van der Waals surface area contributed by atoms with E-state index in [9.17, 15) is 0 Å². The topological polar surface area (TPSA) is 34.2 Å². The standard InChI is InChI=1S/C16H27ClN2O/c1-4-7-16(20-6-3)15(19-9-5-2)11-13-8-10-18-12-14(13)17/h8,10,12,15-16,19H,4-7,9,11H2,1-3H3. The van der Waals surface area contributed by atoms with E-state index in [-0.39, 0.29) is 6.10 Å². The Labute approximate surface area is 128 Å². The van der Waals surface area contributed by atoms with E-state index in [1.807, 2.05) is 6.07 Å². The predicted octanol–water partition coefficient (Wildman–Crippen LogP) is 3.85. The number of ether oxygens (including phenoxy) is 1. The minimum Gasteiger partial charge on any atom is -0.377 e. The first kappa shape index (κ1) is 17.4. The van der Waals surface area contributed by atoms with Gasteiger partial charge in [0, 0.05) is 25.0 Å². The van der Waals surface area contributed by atoms with Gasteiger partial charge in [0.2, 0.25) is 0 Å². The lowest BCUT2D eigenvalue weighted by Crippen LogP contribution is -2.43. The van der Waals surface area contributed by atoms with E-state index in [4.69, 9.17) is 16.3 Å². The number of pyridine rings is 1. The predicted molar refractivity (Wildman–Crippen MR) is 85.4 cm³/mol. The normalized spacial score (nSPS) is 14.2. The van der Waals surface area contributed by atoms with Gasteiger partial charge in [0.15, 0.2) is 0 Å². The van der Waals surface area contributed by atoms with Crippen LogP contribution in [0.25, 0.3) is 0 Å². The van der Waals surface area contributed by atoms with Gasteiger partial charge in [0.25, 0.3) is 0 Å². The highest BCUT2D eigenvalue weighted by molar-refractivity contribution is 6.31. The van der Waals surface area contributed by atoms with Gasteiger partial charge in [-0.25, -0.2) is 0 Å². The van der Waals surface area contributed by atoms with E-state index in [0.29, 0.717) is 6.04 Å². The van der Waals surface area contributed by atoms with Gasteiger partial charge >= 0.3 is 0 Å². The number of hydrogen-bond donors (Lipinski definition) is 1. The Kier molecular flexibility index (Phi) is 8.83. The molecule has 1 aromatic rings. The Balaban J connectivity index is 2.78. The van der Waals surface area contributed by atoms with Gasteiger partial charge in [-0.05, 0) is 44.4 Å². The molecule has 0 aromatic carbocycles. The third kappa shape index (κ3) is 5.78. The van der Waals surface area contributed by atoms with Gasteiger partial charge in [-0.15, -0.1) is 0 Å². The van der Waals surface area contributed by atoms with Crippen molar-refractivity contribution < 1.29 is 4.74 Å². The SMILES string of the molecule is CCCNC(Cc1ccncc1Cl)C(CCC)OCC. The minimum absolute atomic E-state index is 0.237. The van der Waals surface area contributed by atoms with Crippen LogP contribution >= 0.6 is 11.6 Å². The summed E-state index contributed by atoms with van der Waals surface area (Å²) < 4.78 is 5.93. The minimum atomic E-state index is 0.237. The molecule has 0 radical (unpaired) electrons. The molecule has 114 valence electrons. The molecule has 4 heteroatoms. The summed E-state index contributed by atoms with van der Waals surface area (Å²) in [6.45, 7) is 8.18. The van der Waals surface area contributed by atoms with Crippen LogP contribution in [0.5, 0.6) is 0 Å². The van der Waals surface area contributed by atoms with E-state index < -0.39 is 0 Å². The summed E-state index contributed by atoms with van der Waals surface area (Å²) >= 11 is 6.23. The Morgan fingerprint density at radius 1 is 1.30 bits per heavy atom. The van der Waals surface area contributed by atoms with Crippen molar-refractivity contribution in [2.45, 2.75) is 58.6 Å². The number of aromatic nitrogens is 1. The number of rotatable bonds is 10. The van der Waals surface area contributed by atoms with Gasteiger partial charge in [0.1, 0.15) is 0 Å². The molecule has 0 aliphatic heterocycles. The number of hydrogen-bond acceptors (Lipinski definition) is 3. The van der Waals surface area contributed by atoms with Crippen LogP contribution in [0.3, 0.4) is 0 Å². The molecule has 20 heavy (non-hydrogen) atoms. The fourth-order valence-corrected chi connectivity index (χ4v) is 2.57. The van der Waals surface area contributed by atoms with Crippen LogP contribution in [-0.2, 0) is 11.2 Å². The molecule has 1 heterocycles. The number of nitrogens with zero attached hydrogens (tertiary/aromatic N) is 1. The molecule has 0 aliphatic carbocycles. The molecule has 0 aliphatic rings. The van der Waals surface area contributed by atoms with Crippen LogP contribution in [0.15, 0.2) is 18.5 Å². The highest BCUT2D eigenvalue weighted by Gasteiger charge is 2.21. The van der Waals surface area contributed by atoms with Crippen LogP contribution in [0, 0.1) is 0 Å². The van der Waals surface area contributed by atoms with Crippen molar-refractivity contribution in [3.05, 3.63) is 29.0 Å². The van der Waals surface area contributed by atoms with Crippen molar-refractivity contribution >= 4 is 11.6 Å². The lowest BCUT2D eigenvalue weighted by Gasteiger charge is -2.28. The lowest BCUT2D eigenvalue weighted by atomic mass is 9.98. The molecule has 0 bridgehead atoms. The van der Waals surface area contributed by atoms with Crippen molar-refractivity contribution in [1.82, 2.24) is 10.3 Å². The third-order valence-electron chi connectivity index (χ3n) is 3.36. The monoisotopic (exact) mass is 298 g/mol. The smallest absolute Gasteiger partial charge is 0.0731 e. The van der Waals surface area contributed by atoms with Gasteiger partial charge < -0.3 is 10.1 Å². The molecule has 1 rings (SSSR count). The zero-order chi connectivity index (χ0) is 14.8. The van der Waals surface area contributed by atoms with Crippen LogP contribution < -0.4 is 5.32 Å². The molecule has 0 amide bonds. The highest BCUT2D eigenvalue weighted by Crippen LogP contribution is 2.19. The lowest BCUT2D eigenvalue weighted by molar-refractivity contribution is 0.0282. The first-order valence-corrected chi connectivity index (χ1v) is 8.04. The molecule has 1 aromatic heterocycles. The first-order chi connectivity index (χ1) is 9.72. The van der Waals surface area contributed by atoms with E-state index in [1.165, 1.54) is 0 Å². The van der Waals surface area contributed by atoms with E-state index in [0.717, 1.165) is 49.4 Å². The molecule has 2 unspecified atom stereocenters. The van der Waals surface area contributed by atoms with Gasteiger partial charge in [-0.3, -0.25) is 4.98 Å². The Morgan fingerprint density at radius 2 is 2.10 bits per heavy atom. The average molecular weight is 299 g/mol. The largest absolute Gasteiger partial charge is 0.377 e. The maximum absolute atomic E-state index is 6.23. The van der Waals surface area contributed by atoms with E-state index in [1.54, 1.807) is 12.4 Å². The first-order valence-electron chi connectivity index (χ1n) is 7.66. The van der Waals surface area contributed by atoms with Crippen LogP contribution in [0.4, 0.5) is 0 Å². The fourth-order valence-electron chi connectivity index (χ4n) is 2.37.